The topological polar surface area (TPSA) is 25.8 Å². The van der Waals surface area contributed by atoms with Crippen LogP contribution in [0.2, 0.25) is 0 Å². The first-order chi connectivity index (χ1) is 10.7. The molecule has 2 nitrogen and oxygen atoms in total. The van der Waals surface area contributed by atoms with Crippen molar-refractivity contribution in [2.24, 2.45) is 0 Å². The van der Waals surface area contributed by atoms with Gasteiger partial charge in [0.2, 0.25) is 0 Å². The predicted octanol–water partition coefficient (Wildman–Crippen LogP) is 6.30. The normalized spacial score (nSPS) is 11.2. The Balaban J connectivity index is 1.99. The molecule has 0 aliphatic heterocycles. The lowest BCUT2D eigenvalue weighted by Crippen LogP contribution is -1.88. The van der Waals surface area contributed by atoms with Gasteiger partial charge in [-0.25, -0.2) is 0 Å². The molecule has 0 fully saturated rings. The van der Waals surface area contributed by atoms with Gasteiger partial charge in [-0.1, -0.05) is 12.1 Å². The Hall–Kier alpha value is -0.580. The van der Waals surface area contributed by atoms with Crippen molar-refractivity contribution in [2.75, 3.05) is 0 Å². The summed E-state index contributed by atoms with van der Waals surface area (Å²) in [7, 11) is 0. The molecular weight excluding hydrogens is 538 g/mol. The summed E-state index contributed by atoms with van der Waals surface area (Å²) in [6.45, 7) is 0. The molecule has 0 bridgehead atoms. The zero-order chi connectivity index (χ0) is 15.1. The summed E-state index contributed by atoms with van der Waals surface area (Å²) in [5.41, 5.74) is 4.26. The highest BCUT2D eigenvalue weighted by Gasteiger charge is 2.13. The molecule has 0 saturated carbocycles. The molecule has 6 heteroatoms. The van der Waals surface area contributed by atoms with Crippen molar-refractivity contribution in [1.29, 1.82) is 0 Å². The summed E-state index contributed by atoms with van der Waals surface area (Å²) in [5, 5.41) is 0. The fraction of sp³-hybridized carbons (Fsp3) is 0. The Labute approximate surface area is 162 Å². The third kappa shape index (κ3) is 2.70. The summed E-state index contributed by atoms with van der Waals surface area (Å²) >= 11 is 8.27. The molecular formula is C16H8I2N2S2. The van der Waals surface area contributed by atoms with Crippen molar-refractivity contribution < 1.29 is 0 Å². The molecule has 4 rings (SSSR count). The van der Waals surface area contributed by atoms with Gasteiger partial charge in [-0.3, -0.25) is 9.97 Å². The maximum atomic E-state index is 4.60. The summed E-state index contributed by atoms with van der Waals surface area (Å²) < 4.78 is 2.56. The van der Waals surface area contributed by atoms with Crippen LogP contribution in [-0.4, -0.2) is 9.97 Å². The molecule has 0 amide bonds. The van der Waals surface area contributed by atoms with Crippen LogP contribution in [0.5, 0.6) is 0 Å². The second-order valence-electron chi connectivity index (χ2n) is 4.62. The number of halogens is 2. The second kappa shape index (κ2) is 6.14. The van der Waals surface area contributed by atoms with Crippen LogP contribution in [0.1, 0.15) is 0 Å². The number of thiophene rings is 2. The van der Waals surface area contributed by atoms with Crippen LogP contribution >= 0.6 is 67.9 Å². The van der Waals surface area contributed by atoms with E-state index in [4.69, 9.17) is 0 Å². The van der Waals surface area contributed by atoms with Gasteiger partial charge in [0.1, 0.15) is 0 Å². The number of nitrogens with zero attached hydrogens (tertiary/aromatic N) is 2. The van der Waals surface area contributed by atoms with Gasteiger partial charge >= 0.3 is 0 Å². The molecule has 0 spiro atoms. The van der Waals surface area contributed by atoms with Crippen molar-refractivity contribution in [2.45, 2.75) is 0 Å². The van der Waals surface area contributed by atoms with E-state index < -0.39 is 0 Å². The molecule has 0 radical (unpaired) electrons. The van der Waals surface area contributed by atoms with Crippen molar-refractivity contribution in [3.05, 3.63) is 54.6 Å². The van der Waals surface area contributed by atoms with Crippen LogP contribution in [-0.2, 0) is 0 Å². The minimum atomic E-state index is 0.974. The number of hydrogen-bond acceptors (Lipinski definition) is 4. The highest BCUT2D eigenvalue weighted by atomic mass is 127. The molecule has 3 aromatic heterocycles. The van der Waals surface area contributed by atoms with Gasteiger partial charge in [0.05, 0.1) is 16.8 Å². The average Bonchev–Trinajstić information content (AvgIpc) is 3.15. The van der Waals surface area contributed by atoms with Gasteiger partial charge in [0.25, 0.3) is 0 Å². The van der Waals surface area contributed by atoms with E-state index in [0.717, 1.165) is 22.2 Å². The molecule has 0 saturated heterocycles. The monoisotopic (exact) mass is 546 g/mol. The first-order valence-electron chi connectivity index (χ1n) is 6.47. The Morgan fingerprint density at radius 3 is 1.45 bits per heavy atom. The predicted molar refractivity (Wildman–Crippen MR) is 112 cm³/mol. The van der Waals surface area contributed by atoms with E-state index in [0.29, 0.717) is 0 Å². The van der Waals surface area contributed by atoms with Crippen LogP contribution in [0.3, 0.4) is 0 Å². The quantitative estimate of drug-likeness (QED) is 0.276. The molecule has 4 aromatic rings. The van der Waals surface area contributed by atoms with Gasteiger partial charge < -0.3 is 0 Å². The minimum Gasteiger partial charge on any atom is -0.252 e. The van der Waals surface area contributed by atoms with Crippen molar-refractivity contribution in [1.82, 2.24) is 9.97 Å². The molecule has 3 heterocycles. The Morgan fingerprint density at radius 2 is 1.09 bits per heavy atom. The molecule has 0 N–H and O–H groups in total. The van der Waals surface area contributed by atoms with E-state index in [-0.39, 0.29) is 0 Å². The number of hydrogen-bond donors (Lipinski definition) is 0. The molecule has 0 aliphatic rings. The molecule has 0 unspecified atom stereocenters. The molecule has 0 aliphatic carbocycles. The van der Waals surface area contributed by atoms with E-state index >= 15 is 0 Å². The lowest BCUT2D eigenvalue weighted by atomic mass is 10.1. The van der Waals surface area contributed by atoms with Crippen LogP contribution in [0.15, 0.2) is 48.8 Å². The molecule has 0 atom stereocenters. The van der Waals surface area contributed by atoms with Crippen LogP contribution in [0.4, 0.5) is 0 Å². The lowest BCUT2D eigenvalue weighted by Gasteiger charge is -2.07. The van der Waals surface area contributed by atoms with Crippen LogP contribution < -0.4 is 0 Å². The number of aromatic nitrogens is 2. The van der Waals surface area contributed by atoms with Crippen molar-refractivity contribution >= 4 is 78.9 Å². The van der Waals surface area contributed by atoms with Crippen LogP contribution in [0, 0.1) is 5.77 Å². The highest BCUT2D eigenvalue weighted by Crippen LogP contribution is 2.38. The molecule has 108 valence electrons. The molecule has 1 aromatic carbocycles. The summed E-state index contributed by atoms with van der Waals surface area (Å²) in [5.74, 6) is 0. The van der Waals surface area contributed by atoms with Crippen LogP contribution in [0.25, 0.3) is 31.9 Å². The summed E-state index contributed by atoms with van der Waals surface area (Å²) in [6, 6.07) is 12.9. The largest absolute Gasteiger partial charge is 0.252 e. The maximum Gasteiger partial charge on any atom is 0.0979 e. The standard InChI is InChI=1S/C16H8I2N2S2/c17-13-5-3-11(21-13)9-1-2-10(12-4-6-14(18)22-12)16-15(9)19-7-8-20-16/h1-8H. The van der Waals surface area contributed by atoms with Gasteiger partial charge in [-0.05, 0) is 69.4 Å². The van der Waals surface area contributed by atoms with Crippen molar-refractivity contribution in [3.8, 4) is 20.9 Å². The maximum absolute atomic E-state index is 4.60. The second-order valence-corrected chi connectivity index (χ2v) is 10.6. The number of rotatable bonds is 2. The smallest absolute Gasteiger partial charge is 0.0979 e. The van der Waals surface area contributed by atoms with Gasteiger partial charge in [-0.15, -0.1) is 22.7 Å². The van der Waals surface area contributed by atoms with Gasteiger partial charge in [0, 0.05) is 33.3 Å². The third-order valence-corrected chi connectivity index (χ3v) is 7.16. The SMILES string of the molecule is Ic1ccc(-c2ccc(-c3ccc(I)s3)c3nccnc23)s1. The summed E-state index contributed by atoms with van der Waals surface area (Å²) in [4.78, 5) is 11.7. The van der Waals surface area contributed by atoms with E-state index in [2.05, 4.69) is 91.5 Å². The van der Waals surface area contributed by atoms with E-state index in [1.165, 1.54) is 15.5 Å². The van der Waals surface area contributed by atoms with E-state index in [1.807, 2.05) is 0 Å². The van der Waals surface area contributed by atoms with Crippen molar-refractivity contribution in [3.63, 3.8) is 0 Å². The van der Waals surface area contributed by atoms with E-state index in [9.17, 15) is 0 Å². The Kier molecular flexibility index (Phi) is 4.18. The number of fused-ring (bicyclic) bond motifs is 1. The fourth-order valence-electron chi connectivity index (χ4n) is 2.37. The summed E-state index contributed by atoms with van der Waals surface area (Å²) in [6.07, 6.45) is 3.54. The lowest BCUT2D eigenvalue weighted by molar-refractivity contribution is 1.30. The van der Waals surface area contributed by atoms with E-state index in [1.54, 1.807) is 35.1 Å². The first-order valence-corrected chi connectivity index (χ1v) is 10.3. The highest BCUT2D eigenvalue weighted by molar-refractivity contribution is 14.1. The Bertz CT molecular complexity index is 896. The van der Waals surface area contributed by atoms with Gasteiger partial charge in [-0.2, -0.15) is 0 Å². The first kappa shape index (κ1) is 15.0. The minimum absolute atomic E-state index is 0.974. The zero-order valence-corrected chi connectivity index (χ0v) is 17.0. The zero-order valence-electron chi connectivity index (χ0n) is 11.1. The average molecular weight is 546 g/mol. The van der Waals surface area contributed by atoms with Gasteiger partial charge in [0.15, 0.2) is 0 Å². The number of benzene rings is 1. The Morgan fingerprint density at radius 1 is 0.636 bits per heavy atom. The fourth-order valence-corrected chi connectivity index (χ4v) is 5.67. The third-order valence-electron chi connectivity index (χ3n) is 3.30. The molecule has 22 heavy (non-hydrogen) atoms.